The minimum atomic E-state index is -3.06. The predicted octanol–water partition coefficient (Wildman–Crippen LogP) is 2.61. The summed E-state index contributed by atoms with van der Waals surface area (Å²) >= 11 is 0. The summed E-state index contributed by atoms with van der Waals surface area (Å²) in [5, 5.41) is 2.78. The molecule has 0 unspecified atom stereocenters. The van der Waals surface area contributed by atoms with Crippen molar-refractivity contribution < 1.29 is 27.0 Å². The van der Waals surface area contributed by atoms with E-state index >= 15 is 0 Å². The van der Waals surface area contributed by atoms with Gasteiger partial charge in [-0.3, -0.25) is 0 Å². The van der Waals surface area contributed by atoms with Gasteiger partial charge in [0.2, 0.25) is 0 Å². The first kappa shape index (κ1) is 15.1. The predicted molar refractivity (Wildman–Crippen MR) is 60.2 cm³/mol. The van der Waals surface area contributed by atoms with E-state index in [1.807, 2.05) is 0 Å². The lowest BCUT2D eigenvalue weighted by atomic mass is 10.2. The summed E-state index contributed by atoms with van der Waals surface area (Å²) in [5.74, 6) is 1.82. The van der Waals surface area contributed by atoms with Crippen LogP contribution in [0.2, 0.25) is 0 Å². The van der Waals surface area contributed by atoms with Crippen molar-refractivity contribution in [1.82, 2.24) is 5.32 Å². The minimum absolute atomic E-state index is 0.168. The average molecular weight is 277 g/mol. The molecule has 0 aliphatic rings. The van der Waals surface area contributed by atoms with Crippen LogP contribution in [0.4, 0.5) is 17.6 Å². The van der Waals surface area contributed by atoms with E-state index in [1.165, 1.54) is 12.1 Å². The van der Waals surface area contributed by atoms with Gasteiger partial charge < -0.3 is 14.8 Å². The standard InChI is InChI=1S/C12H11F4NO2/c1-2-5-17-7-8-3-4-9(18-11(13)14)6-10(8)19-12(15)16/h1,3-4,6,11-12,17H,5,7H2. The van der Waals surface area contributed by atoms with E-state index in [4.69, 9.17) is 6.42 Å². The number of rotatable bonds is 7. The molecular weight excluding hydrogens is 266 g/mol. The lowest BCUT2D eigenvalue weighted by molar-refractivity contribution is -0.0546. The highest BCUT2D eigenvalue weighted by molar-refractivity contribution is 5.40. The molecule has 0 spiro atoms. The molecule has 0 saturated carbocycles. The van der Waals surface area contributed by atoms with Crippen LogP contribution < -0.4 is 14.8 Å². The quantitative estimate of drug-likeness (QED) is 0.472. The van der Waals surface area contributed by atoms with E-state index in [1.54, 1.807) is 0 Å². The molecule has 19 heavy (non-hydrogen) atoms. The Balaban J connectivity index is 2.86. The van der Waals surface area contributed by atoms with Crippen molar-refractivity contribution in [2.45, 2.75) is 19.8 Å². The molecule has 0 saturated heterocycles. The first-order valence-corrected chi connectivity index (χ1v) is 5.19. The summed E-state index contributed by atoms with van der Waals surface area (Å²) in [4.78, 5) is 0. The third kappa shape index (κ3) is 5.48. The molecule has 0 aromatic heterocycles. The van der Waals surface area contributed by atoms with E-state index in [9.17, 15) is 17.6 Å². The number of benzene rings is 1. The van der Waals surface area contributed by atoms with Crippen LogP contribution in [-0.4, -0.2) is 19.8 Å². The van der Waals surface area contributed by atoms with Crippen molar-refractivity contribution in [2.75, 3.05) is 6.54 Å². The number of hydrogen-bond acceptors (Lipinski definition) is 3. The Morgan fingerprint density at radius 2 is 1.84 bits per heavy atom. The second-order valence-corrected chi connectivity index (χ2v) is 3.33. The summed E-state index contributed by atoms with van der Waals surface area (Å²) in [6, 6.07) is 3.56. The molecule has 0 aliphatic heterocycles. The molecule has 0 atom stereocenters. The molecule has 1 N–H and O–H groups in total. The first-order chi connectivity index (χ1) is 9.02. The van der Waals surface area contributed by atoms with Crippen LogP contribution >= 0.6 is 0 Å². The summed E-state index contributed by atoms with van der Waals surface area (Å²) < 4.78 is 56.8. The van der Waals surface area contributed by atoms with Crippen molar-refractivity contribution in [3.63, 3.8) is 0 Å². The fraction of sp³-hybridized carbons (Fsp3) is 0.333. The molecule has 0 bridgehead atoms. The van der Waals surface area contributed by atoms with E-state index < -0.39 is 13.2 Å². The fourth-order valence-corrected chi connectivity index (χ4v) is 1.33. The Bertz CT molecular complexity index is 446. The van der Waals surface area contributed by atoms with Gasteiger partial charge in [0.15, 0.2) is 0 Å². The van der Waals surface area contributed by atoms with E-state index in [-0.39, 0.29) is 24.6 Å². The summed E-state index contributed by atoms with van der Waals surface area (Å²) in [6.45, 7) is -5.69. The maximum absolute atomic E-state index is 12.2. The highest BCUT2D eigenvalue weighted by Gasteiger charge is 2.13. The summed E-state index contributed by atoms with van der Waals surface area (Å²) in [6.07, 6.45) is 5.02. The van der Waals surface area contributed by atoms with Crippen LogP contribution in [0.5, 0.6) is 11.5 Å². The van der Waals surface area contributed by atoms with Gasteiger partial charge in [-0.1, -0.05) is 12.0 Å². The number of hydrogen-bond donors (Lipinski definition) is 1. The topological polar surface area (TPSA) is 30.5 Å². The molecule has 0 radical (unpaired) electrons. The first-order valence-electron chi connectivity index (χ1n) is 5.19. The van der Waals surface area contributed by atoms with Gasteiger partial charge in [-0.2, -0.15) is 17.6 Å². The Labute approximate surface area is 107 Å². The van der Waals surface area contributed by atoms with Crippen LogP contribution in [0.3, 0.4) is 0 Å². The summed E-state index contributed by atoms with van der Waals surface area (Å²) in [5.41, 5.74) is 0.358. The maximum Gasteiger partial charge on any atom is 0.387 e. The van der Waals surface area contributed by atoms with Crippen LogP contribution in [0.15, 0.2) is 18.2 Å². The van der Waals surface area contributed by atoms with Crippen molar-refractivity contribution in [3.05, 3.63) is 23.8 Å². The number of halogens is 4. The van der Waals surface area contributed by atoms with Crippen LogP contribution in [0.1, 0.15) is 5.56 Å². The third-order valence-electron chi connectivity index (χ3n) is 2.02. The Morgan fingerprint density at radius 1 is 1.16 bits per heavy atom. The van der Waals surface area contributed by atoms with E-state index in [2.05, 4.69) is 20.7 Å². The Kier molecular flexibility index (Phi) is 5.96. The SMILES string of the molecule is C#CCNCc1ccc(OC(F)F)cc1OC(F)F. The van der Waals surface area contributed by atoms with Crippen LogP contribution in [0.25, 0.3) is 0 Å². The van der Waals surface area contributed by atoms with Crippen molar-refractivity contribution in [1.29, 1.82) is 0 Å². The highest BCUT2D eigenvalue weighted by atomic mass is 19.3. The van der Waals surface area contributed by atoms with Crippen molar-refractivity contribution >= 4 is 0 Å². The Hall–Kier alpha value is -1.94. The van der Waals surface area contributed by atoms with Gasteiger partial charge in [0.25, 0.3) is 0 Å². The zero-order valence-corrected chi connectivity index (χ0v) is 9.71. The van der Waals surface area contributed by atoms with Crippen LogP contribution in [-0.2, 0) is 6.54 Å². The van der Waals surface area contributed by atoms with Gasteiger partial charge in [0.1, 0.15) is 11.5 Å². The number of ether oxygens (including phenoxy) is 2. The minimum Gasteiger partial charge on any atom is -0.435 e. The van der Waals surface area contributed by atoms with Gasteiger partial charge in [-0.25, -0.2) is 0 Å². The molecule has 1 aromatic carbocycles. The molecule has 7 heteroatoms. The second kappa shape index (κ2) is 7.48. The van der Waals surface area contributed by atoms with Gasteiger partial charge in [-0.15, -0.1) is 6.42 Å². The molecule has 0 heterocycles. The van der Waals surface area contributed by atoms with Crippen LogP contribution in [0, 0.1) is 12.3 Å². The number of nitrogens with one attached hydrogen (secondary N) is 1. The van der Waals surface area contributed by atoms with Crippen molar-refractivity contribution in [2.24, 2.45) is 0 Å². The lowest BCUT2D eigenvalue weighted by Crippen LogP contribution is -2.15. The van der Waals surface area contributed by atoms with Crippen molar-refractivity contribution in [3.8, 4) is 23.8 Å². The molecule has 0 amide bonds. The number of alkyl halides is 4. The molecule has 1 aromatic rings. The summed E-state index contributed by atoms with van der Waals surface area (Å²) in [7, 11) is 0. The number of terminal acetylenes is 1. The van der Waals surface area contributed by atoms with Gasteiger partial charge in [0, 0.05) is 18.2 Å². The zero-order valence-electron chi connectivity index (χ0n) is 9.71. The molecular formula is C12H11F4NO2. The molecule has 0 aliphatic carbocycles. The third-order valence-corrected chi connectivity index (χ3v) is 2.02. The smallest absolute Gasteiger partial charge is 0.387 e. The molecule has 1 rings (SSSR count). The zero-order chi connectivity index (χ0) is 14.3. The maximum atomic E-state index is 12.2. The van der Waals surface area contributed by atoms with Gasteiger partial charge >= 0.3 is 13.2 Å². The largest absolute Gasteiger partial charge is 0.435 e. The normalized spacial score (nSPS) is 10.6. The van der Waals surface area contributed by atoms with Gasteiger partial charge in [0.05, 0.1) is 6.54 Å². The average Bonchev–Trinajstić information content (AvgIpc) is 2.30. The Morgan fingerprint density at radius 3 is 2.42 bits per heavy atom. The van der Waals surface area contributed by atoms with E-state index in [0.717, 1.165) is 6.07 Å². The highest BCUT2D eigenvalue weighted by Crippen LogP contribution is 2.27. The van der Waals surface area contributed by atoms with Gasteiger partial charge in [-0.05, 0) is 6.07 Å². The second-order valence-electron chi connectivity index (χ2n) is 3.33. The van der Waals surface area contributed by atoms with E-state index in [0.29, 0.717) is 5.56 Å². The fourth-order valence-electron chi connectivity index (χ4n) is 1.33. The molecule has 104 valence electrons. The lowest BCUT2D eigenvalue weighted by Gasteiger charge is -2.13. The molecule has 3 nitrogen and oxygen atoms in total. The monoisotopic (exact) mass is 277 g/mol. The molecule has 0 fully saturated rings.